The predicted octanol–water partition coefficient (Wildman–Crippen LogP) is 14.5. The van der Waals surface area contributed by atoms with Gasteiger partial charge in [0, 0.05) is 0 Å². The fourth-order valence-electron chi connectivity index (χ4n) is 7.97. The van der Waals surface area contributed by atoms with Crippen LogP contribution in [0.4, 0.5) is 0 Å². The van der Waals surface area contributed by atoms with E-state index >= 15 is 0 Å². The molecule has 0 aliphatic rings. The summed E-state index contributed by atoms with van der Waals surface area (Å²) in [5, 5.41) is 7.71. The van der Waals surface area contributed by atoms with Crippen molar-refractivity contribution in [2.45, 2.75) is 54.4 Å². The molecule has 0 aromatic heterocycles. The molecule has 7 aromatic rings. The van der Waals surface area contributed by atoms with Gasteiger partial charge < -0.3 is 0 Å². The molecule has 0 heteroatoms. The van der Waals surface area contributed by atoms with Gasteiger partial charge in [0.25, 0.3) is 0 Å². The molecule has 7 rings (SSSR count). The van der Waals surface area contributed by atoms with Crippen LogP contribution >= 0.6 is 0 Å². The number of hydrogen-bond donors (Lipinski definition) is 0. The second-order valence-corrected chi connectivity index (χ2v) is 13.7. The highest BCUT2D eigenvalue weighted by atomic mass is 14.2. The Balaban J connectivity index is 1.46. The van der Waals surface area contributed by atoms with Crippen LogP contribution in [0.3, 0.4) is 0 Å². The van der Waals surface area contributed by atoms with Gasteiger partial charge in [-0.15, -0.1) is 0 Å². The van der Waals surface area contributed by atoms with Gasteiger partial charge in [-0.05, 0) is 127 Å². The normalized spacial score (nSPS) is 12.8. The first-order valence-corrected chi connectivity index (χ1v) is 17.9. The number of rotatable bonds is 8. The molecule has 0 N–H and O–H groups in total. The molecular weight excluding hydrogens is 589 g/mol. The van der Waals surface area contributed by atoms with Crippen LogP contribution in [0.1, 0.15) is 55.9 Å². The molecule has 0 aliphatic heterocycles. The summed E-state index contributed by atoms with van der Waals surface area (Å²) < 4.78 is 0. The summed E-state index contributed by atoms with van der Waals surface area (Å²) in [6.07, 6.45) is 8.92. The number of hydrogen-bond acceptors (Lipinski definition) is 0. The first-order valence-electron chi connectivity index (χ1n) is 17.9. The molecule has 0 aliphatic carbocycles. The Labute approximate surface area is 292 Å². The third-order valence-electron chi connectivity index (χ3n) is 10.4. The number of allylic oxidation sites excluding steroid dienone is 4. The standard InChI is InChI=1S/C49H46/c1-7-9-10-17-38(33(4)8-2)36-24-26-37(27-25-36)48-41-20-13-15-22-43(41)49(44-23-16-14-21-42(44)48)46-29-28-45(39-18-11-12-19-40(39)46)47-34(5)30-32(3)31-35(47)6/h9-31,33H,7-8H2,1-6H3/b10-9-,38-17+. The van der Waals surface area contributed by atoms with Gasteiger partial charge in [0.1, 0.15) is 0 Å². The minimum atomic E-state index is 0.494. The van der Waals surface area contributed by atoms with Crippen LogP contribution in [0.2, 0.25) is 0 Å². The molecule has 0 heterocycles. The van der Waals surface area contributed by atoms with Crippen LogP contribution in [0.15, 0.2) is 140 Å². The molecule has 0 saturated heterocycles. The molecule has 0 saturated carbocycles. The monoisotopic (exact) mass is 634 g/mol. The van der Waals surface area contributed by atoms with Crippen LogP contribution in [0, 0.1) is 26.7 Å². The van der Waals surface area contributed by atoms with Crippen molar-refractivity contribution in [2.75, 3.05) is 0 Å². The van der Waals surface area contributed by atoms with E-state index in [9.17, 15) is 0 Å². The Morgan fingerprint density at radius 1 is 0.551 bits per heavy atom. The largest absolute Gasteiger partial charge is 0.0848 e. The van der Waals surface area contributed by atoms with Crippen LogP contribution in [-0.4, -0.2) is 0 Å². The van der Waals surface area contributed by atoms with E-state index in [1.165, 1.54) is 93.5 Å². The van der Waals surface area contributed by atoms with Gasteiger partial charge in [0.05, 0.1) is 0 Å². The zero-order valence-electron chi connectivity index (χ0n) is 29.8. The Morgan fingerprint density at radius 3 is 1.51 bits per heavy atom. The SMILES string of the molecule is CC/C=C\C=C(\c1ccc(-c2c3ccccc3c(-c3ccc(-c4c(C)cc(C)cc4C)c4ccccc34)c3ccccc23)cc1)C(C)CC. The van der Waals surface area contributed by atoms with Crippen LogP contribution in [0.25, 0.3) is 71.3 Å². The van der Waals surface area contributed by atoms with Crippen molar-refractivity contribution in [3.8, 4) is 33.4 Å². The Hall–Kier alpha value is -5.20. The highest BCUT2D eigenvalue weighted by Gasteiger charge is 2.20. The van der Waals surface area contributed by atoms with Gasteiger partial charge >= 0.3 is 0 Å². The minimum absolute atomic E-state index is 0.494. The zero-order valence-corrected chi connectivity index (χ0v) is 29.8. The van der Waals surface area contributed by atoms with Gasteiger partial charge in [-0.3, -0.25) is 0 Å². The second-order valence-electron chi connectivity index (χ2n) is 13.7. The fraction of sp³-hybridized carbons (Fsp3) is 0.184. The maximum absolute atomic E-state index is 2.37. The van der Waals surface area contributed by atoms with E-state index in [0.717, 1.165) is 12.8 Å². The number of fused-ring (bicyclic) bond motifs is 3. The lowest BCUT2D eigenvalue weighted by molar-refractivity contribution is 0.717. The third-order valence-corrected chi connectivity index (χ3v) is 10.4. The maximum Gasteiger partial charge on any atom is -0.00201 e. The van der Waals surface area contributed by atoms with Crippen molar-refractivity contribution in [1.29, 1.82) is 0 Å². The average molecular weight is 635 g/mol. The lowest BCUT2D eigenvalue weighted by Crippen LogP contribution is -1.97. The maximum atomic E-state index is 2.37. The lowest BCUT2D eigenvalue weighted by atomic mass is 9.82. The van der Waals surface area contributed by atoms with Crippen LogP contribution in [0.5, 0.6) is 0 Å². The molecule has 0 bridgehead atoms. The second kappa shape index (κ2) is 13.7. The van der Waals surface area contributed by atoms with Gasteiger partial charge in [-0.2, -0.15) is 0 Å². The summed E-state index contributed by atoms with van der Waals surface area (Å²) >= 11 is 0. The summed E-state index contributed by atoms with van der Waals surface area (Å²) in [6.45, 7) is 13.5. The van der Waals surface area contributed by atoms with E-state index in [1.807, 2.05) is 0 Å². The lowest BCUT2D eigenvalue weighted by Gasteiger charge is -2.21. The van der Waals surface area contributed by atoms with E-state index in [4.69, 9.17) is 0 Å². The van der Waals surface area contributed by atoms with Crippen molar-refractivity contribution >= 4 is 37.9 Å². The molecule has 242 valence electrons. The Bertz CT molecular complexity index is 2300. The van der Waals surface area contributed by atoms with Crippen molar-refractivity contribution in [3.63, 3.8) is 0 Å². The van der Waals surface area contributed by atoms with E-state index < -0.39 is 0 Å². The molecule has 49 heavy (non-hydrogen) atoms. The van der Waals surface area contributed by atoms with Crippen molar-refractivity contribution in [3.05, 3.63) is 162 Å². The van der Waals surface area contributed by atoms with Gasteiger partial charge in [-0.25, -0.2) is 0 Å². The highest BCUT2D eigenvalue weighted by Crippen LogP contribution is 2.47. The zero-order chi connectivity index (χ0) is 34.1. The Kier molecular flexibility index (Phi) is 9.07. The minimum Gasteiger partial charge on any atom is -0.0848 e. The third kappa shape index (κ3) is 5.91. The number of aryl methyl sites for hydroxylation is 3. The molecule has 1 atom stereocenters. The molecule has 1 unspecified atom stereocenters. The summed E-state index contributed by atoms with van der Waals surface area (Å²) in [6, 6.07) is 45.6. The molecule has 0 radical (unpaired) electrons. The summed E-state index contributed by atoms with van der Waals surface area (Å²) in [5.74, 6) is 0.494. The van der Waals surface area contributed by atoms with E-state index in [2.05, 4.69) is 181 Å². The topological polar surface area (TPSA) is 0 Å². The Morgan fingerprint density at radius 2 is 1.02 bits per heavy atom. The van der Waals surface area contributed by atoms with Crippen LogP contribution < -0.4 is 0 Å². The molecule has 0 nitrogen and oxygen atoms in total. The van der Waals surface area contributed by atoms with Crippen molar-refractivity contribution < 1.29 is 0 Å². The van der Waals surface area contributed by atoms with E-state index in [1.54, 1.807) is 0 Å². The molecular formula is C49H46. The summed E-state index contributed by atoms with van der Waals surface area (Å²) in [5.41, 5.74) is 14.4. The predicted molar refractivity (Wildman–Crippen MR) is 216 cm³/mol. The van der Waals surface area contributed by atoms with Gasteiger partial charge in [0.15, 0.2) is 0 Å². The summed E-state index contributed by atoms with van der Waals surface area (Å²) in [7, 11) is 0. The smallest absolute Gasteiger partial charge is 0.00201 e. The molecule has 0 spiro atoms. The van der Waals surface area contributed by atoms with Crippen molar-refractivity contribution in [1.82, 2.24) is 0 Å². The van der Waals surface area contributed by atoms with Gasteiger partial charge in [-0.1, -0.05) is 166 Å². The average Bonchev–Trinajstić information content (AvgIpc) is 3.12. The molecule has 7 aromatic carbocycles. The highest BCUT2D eigenvalue weighted by molar-refractivity contribution is 6.24. The van der Waals surface area contributed by atoms with Crippen molar-refractivity contribution in [2.24, 2.45) is 5.92 Å². The summed E-state index contributed by atoms with van der Waals surface area (Å²) in [4.78, 5) is 0. The molecule has 0 fully saturated rings. The number of benzene rings is 7. The quantitative estimate of drug-likeness (QED) is 0.115. The molecule has 0 amide bonds. The van der Waals surface area contributed by atoms with E-state index in [0.29, 0.717) is 5.92 Å². The first-order chi connectivity index (χ1) is 23.9. The van der Waals surface area contributed by atoms with Gasteiger partial charge in [0.2, 0.25) is 0 Å². The first kappa shape index (κ1) is 32.4. The fourth-order valence-corrected chi connectivity index (χ4v) is 7.97. The van der Waals surface area contributed by atoms with E-state index in [-0.39, 0.29) is 0 Å². The van der Waals surface area contributed by atoms with Crippen LogP contribution in [-0.2, 0) is 0 Å².